The number of fused-ring (bicyclic) bond motifs is 3. The van der Waals surface area contributed by atoms with Crippen molar-refractivity contribution in [2.45, 2.75) is 64.1 Å². The van der Waals surface area contributed by atoms with Crippen molar-refractivity contribution in [1.82, 2.24) is 14.5 Å². The molecular formula is C26H28BrN3O. The Hall–Kier alpha value is -2.40. The molecule has 0 N–H and O–H groups in total. The Morgan fingerprint density at radius 3 is 2.48 bits per heavy atom. The van der Waals surface area contributed by atoms with Crippen molar-refractivity contribution in [3.63, 3.8) is 0 Å². The van der Waals surface area contributed by atoms with Crippen molar-refractivity contribution in [3.05, 3.63) is 76.0 Å². The second-order valence-electron chi connectivity index (χ2n) is 9.07. The minimum Gasteiger partial charge on any atom is -0.337 e. The lowest BCUT2D eigenvalue weighted by molar-refractivity contribution is -0.133. The highest BCUT2D eigenvalue weighted by molar-refractivity contribution is 9.10. The summed E-state index contributed by atoms with van der Waals surface area (Å²) < 4.78 is 3.36. The average molecular weight is 478 g/mol. The molecule has 3 aromatic rings. The number of hydrogen-bond donors (Lipinski definition) is 0. The molecule has 0 aliphatic carbocycles. The Bertz CT molecular complexity index is 1130. The summed E-state index contributed by atoms with van der Waals surface area (Å²) in [6.07, 6.45) is 5.55. The highest BCUT2D eigenvalue weighted by Crippen LogP contribution is 2.50. The van der Waals surface area contributed by atoms with Gasteiger partial charge in [0.25, 0.3) is 0 Å². The predicted octanol–water partition coefficient (Wildman–Crippen LogP) is 5.91. The molecule has 3 heterocycles. The van der Waals surface area contributed by atoms with Crippen molar-refractivity contribution in [1.29, 1.82) is 0 Å². The van der Waals surface area contributed by atoms with Crippen LogP contribution in [0.25, 0.3) is 11.4 Å². The summed E-state index contributed by atoms with van der Waals surface area (Å²) in [7, 11) is 0. The molecule has 0 bridgehead atoms. The van der Waals surface area contributed by atoms with Crippen LogP contribution in [0.15, 0.2) is 59.2 Å². The lowest BCUT2D eigenvalue weighted by Crippen LogP contribution is -2.40. The summed E-state index contributed by atoms with van der Waals surface area (Å²) in [6.45, 7) is 6.39. The smallest absolute Gasteiger partial charge is 0.223 e. The van der Waals surface area contributed by atoms with Gasteiger partial charge in [0.2, 0.25) is 5.91 Å². The topological polar surface area (TPSA) is 38.1 Å². The minimum absolute atomic E-state index is 0.261. The highest BCUT2D eigenvalue weighted by atomic mass is 79.9. The predicted molar refractivity (Wildman–Crippen MR) is 127 cm³/mol. The van der Waals surface area contributed by atoms with Gasteiger partial charge < -0.3 is 9.47 Å². The van der Waals surface area contributed by atoms with Crippen LogP contribution >= 0.6 is 15.9 Å². The molecule has 0 saturated carbocycles. The molecule has 5 rings (SSSR count). The Morgan fingerprint density at radius 1 is 1.10 bits per heavy atom. The summed E-state index contributed by atoms with van der Waals surface area (Å²) >= 11 is 3.58. The summed E-state index contributed by atoms with van der Waals surface area (Å²) in [5.41, 5.74) is 4.15. The number of aromatic nitrogens is 2. The lowest BCUT2D eigenvalue weighted by atomic mass is 9.79. The Kier molecular flexibility index (Phi) is 5.04. The maximum absolute atomic E-state index is 13.4. The molecule has 1 fully saturated rings. The van der Waals surface area contributed by atoms with Gasteiger partial charge in [-0.05, 0) is 63.3 Å². The molecule has 1 saturated heterocycles. The van der Waals surface area contributed by atoms with Crippen LogP contribution in [0.4, 0.5) is 0 Å². The van der Waals surface area contributed by atoms with E-state index in [-0.39, 0.29) is 5.91 Å². The molecule has 3 unspecified atom stereocenters. The first-order chi connectivity index (χ1) is 14.9. The molecule has 2 aliphatic heterocycles. The molecule has 1 aromatic heterocycles. The van der Waals surface area contributed by atoms with E-state index in [2.05, 4.69) is 94.0 Å². The van der Waals surface area contributed by atoms with Crippen molar-refractivity contribution >= 4 is 21.8 Å². The summed E-state index contributed by atoms with van der Waals surface area (Å²) in [5, 5.41) is 0. The number of halogens is 1. The van der Waals surface area contributed by atoms with Crippen LogP contribution in [0.3, 0.4) is 0 Å². The third-order valence-corrected chi connectivity index (χ3v) is 7.64. The SMILES string of the molecule is Cc1cn2c(n1)-c1ccccc1C2(CCC(=O)N1C(C)CCC1C)c1ccc(Br)cc1. The van der Waals surface area contributed by atoms with E-state index in [4.69, 9.17) is 4.98 Å². The zero-order chi connectivity index (χ0) is 21.8. The van der Waals surface area contributed by atoms with Crippen LogP contribution in [0, 0.1) is 6.92 Å². The lowest BCUT2D eigenvalue weighted by Gasteiger charge is -2.35. The third kappa shape index (κ3) is 3.16. The number of likely N-dealkylation sites (tertiary alicyclic amines) is 1. The van der Waals surface area contributed by atoms with Crippen LogP contribution in [0.5, 0.6) is 0 Å². The molecule has 2 aromatic carbocycles. The highest BCUT2D eigenvalue weighted by Gasteiger charge is 2.45. The van der Waals surface area contributed by atoms with Crippen LogP contribution in [-0.2, 0) is 10.3 Å². The van der Waals surface area contributed by atoms with Crippen LogP contribution < -0.4 is 0 Å². The maximum atomic E-state index is 13.4. The molecule has 0 spiro atoms. The third-order valence-electron chi connectivity index (χ3n) is 7.11. The van der Waals surface area contributed by atoms with Crippen molar-refractivity contribution in [2.75, 3.05) is 0 Å². The summed E-state index contributed by atoms with van der Waals surface area (Å²) in [4.78, 5) is 20.3. The fourth-order valence-corrected chi connectivity index (χ4v) is 5.93. The van der Waals surface area contributed by atoms with Crippen molar-refractivity contribution in [2.24, 2.45) is 0 Å². The van der Waals surface area contributed by atoms with Gasteiger partial charge >= 0.3 is 0 Å². The second kappa shape index (κ2) is 7.63. The van der Waals surface area contributed by atoms with Gasteiger partial charge in [-0.3, -0.25) is 4.79 Å². The number of imidazole rings is 1. The molecule has 31 heavy (non-hydrogen) atoms. The molecular weight excluding hydrogens is 450 g/mol. The molecule has 0 radical (unpaired) electrons. The number of carbonyl (C=O) groups is 1. The van der Waals surface area contributed by atoms with E-state index in [0.29, 0.717) is 24.9 Å². The van der Waals surface area contributed by atoms with E-state index in [1.165, 1.54) is 11.1 Å². The Morgan fingerprint density at radius 2 is 1.77 bits per heavy atom. The van der Waals surface area contributed by atoms with E-state index in [9.17, 15) is 4.79 Å². The number of nitrogens with zero attached hydrogens (tertiary/aromatic N) is 3. The average Bonchev–Trinajstić information content (AvgIpc) is 3.38. The number of carbonyl (C=O) groups excluding carboxylic acids is 1. The Labute approximate surface area is 192 Å². The van der Waals surface area contributed by atoms with Gasteiger partial charge in [-0.1, -0.05) is 52.3 Å². The van der Waals surface area contributed by atoms with Crippen molar-refractivity contribution < 1.29 is 4.79 Å². The molecule has 160 valence electrons. The zero-order valence-electron chi connectivity index (χ0n) is 18.3. The number of aryl methyl sites for hydroxylation is 1. The largest absolute Gasteiger partial charge is 0.337 e. The van der Waals surface area contributed by atoms with E-state index in [1.807, 2.05) is 6.92 Å². The van der Waals surface area contributed by atoms with E-state index in [1.54, 1.807) is 0 Å². The number of hydrogen-bond acceptors (Lipinski definition) is 2. The fourth-order valence-electron chi connectivity index (χ4n) is 5.67. The zero-order valence-corrected chi connectivity index (χ0v) is 19.9. The first kappa shape index (κ1) is 20.5. The molecule has 2 aliphatic rings. The first-order valence-corrected chi connectivity index (χ1v) is 11.9. The van der Waals surface area contributed by atoms with Gasteiger partial charge in [-0.15, -0.1) is 0 Å². The van der Waals surface area contributed by atoms with Gasteiger partial charge in [0, 0.05) is 34.7 Å². The standard InChI is InChI=1S/C26H28BrN3O/c1-17-16-29-25(28-17)22-6-4-5-7-23(22)26(29,20-10-12-21(27)13-11-20)15-14-24(31)30-18(2)8-9-19(30)3/h4-7,10-13,16,18-19H,8-9,14-15H2,1-3H3. The van der Waals surface area contributed by atoms with Crippen LogP contribution in [0.2, 0.25) is 0 Å². The second-order valence-corrected chi connectivity index (χ2v) is 9.98. The maximum Gasteiger partial charge on any atom is 0.223 e. The normalized spacial score (nSPS) is 24.3. The number of benzene rings is 2. The van der Waals surface area contributed by atoms with Gasteiger partial charge in [-0.2, -0.15) is 0 Å². The number of rotatable bonds is 4. The van der Waals surface area contributed by atoms with Gasteiger partial charge in [0.1, 0.15) is 5.82 Å². The van der Waals surface area contributed by atoms with E-state index >= 15 is 0 Å². The van der Waals surface area contributed by atoms with Crippen molar-refractivity contribution in [3.8, 4) is 11.4 Å². The number of amides is 1. The van der Waals surface area contributed by atoms with E-state index in [0.717, 1.165) is 34.4 Å². The van der Waals surface area contributed by atoms with Gasteiger partial charge in [-0.25, -0.2) is 4.98 Å². The summed E-state index contributed by atoms with van der Waals surface area (Å²) in [6, 6.07) is 17.7. The molecule has 3 atom stereocenters. The van der Waals surface area contributed by atoms with Crippen LogP contribution in [0.1, 0.15) is 56.4 Å². The first-order valence-electron chi connectivity index (χ1n) is 11.2. The quantitative estimate of drug-likeness (QED) is 0.468. The van der Waals surface area contributed by atoms with Crippen LogP contribution in [-0.4, -0.2) is 32.4 Å². The summed E-state index contributed by atoms with van der Waals surface area (Å²) in [5.74, 6) is 1.25. The fraction of sp³-hybridized carbons (Fsp3) is 0.385. The minimum atomic E-state index is -0.435. The molecule has 4 nitrogen and oxygen atoms in total. The Balaban J connectivity index is 1.62. The van der Waals surface area contributed by atoms with Gasteiger partial charge in [0.15, 0.2) is 0 Å². The van der Waals surface area contributed by atoms with Gasteiger partial charge in [0.05, 0.1) is 11.2 Å². The molecule has 1 amide bonds. The van der Waals surface area contributed by atoms with E-state index < -0.39 is 5.54 Å². The molecule has 5 heteroatoms. The monoisotopic (exact) mass is 477 g/mol.